The van der Waals surface area contributed by atoms with Crippen molar-refractivity contribution in [3.05, 3.63) is 70.5 Å². The van der Waals surface area contributed by atoms with Crippen molar-refractivity contribution >= 4 is 11.6 Å². The minimum absolute atomic E-state index is 0.0341. The number of hydrogen-bond donors (Lipinski definition) is 1. The van der Waals surface area contributed by atoms with Crippen LogP contribution in [-0.2, 0) is 6.54 Å². The summed E-state index contributed by atoms with van der Waals surface area (Å²) in [6.45, 7) is 1.16. The first-order valence-corrected chi connectivity index (χ1v) is 6.89. The van der Waals surface area contributed by atoms with Crippen molar-refractivity contribution in [2.75, 3.05) is 13.6 Å². The third-order valence-corrected chi connectivity index (χ3v) is 3.76. The average molecular weight is 293 g/mol. The molecule has 2 rings (SSSR count). The number of benzene rings is 2. The quantitative estimate of drug-likeness (QED) is 0.912. The van der Waals surface area contributed by atoms with Gasteiger partial charge in [0, 0.05) is 24.2 Å². The Morgan fingerprint density at radius 3 is 2.40 bits per heavy atom. The molecule has 0 spiro atoms. The van der Waals surface area contributed by atoms with Gasteiger partial charge >= 0.3 is 0 Å². The molecule has 106 valence electrons. The Hall–Kier alpha value is -1.42. The van der Waals surface area contributed by atoms with Crippen LogP contribution in [0.1, 0.15) is 17.2 Å². The summed E-state index contributed by atoms with van der Waals surface area (Å²) in [4.78, 5) is 2.12. The standard InChI is InChI=1S/C16H18ClFN2/c1-20(11-13-4-2-3-5-15(13)17)16(10-19)12-6-8-14(18)9-7-12/h2-9,16H,10-11,19H2,1H3. The monoisotopic (exact) mass is 292 g/mol. The molecule has 0 saturated heterocycles. The van der Waals surface area contributed by atoms with E-state index in [9.17, 15) is 4.39 Å². The minimum Gasteiger partial charge on any atom is -0.329 e. The van der Waals surface area contributed by atoms with Gasteiger partial charge in [0.25, 0.3) is 0 Å². The third kappa shape index (κ3) is 3.57. The van der Waals surface area contributed by atoms with Gasteiger partial charge in [-0.3, -0.25) is 4.90 Å². The van der Waals surface area contributed by atoms with E-state index in [2.05, 4.69) is 4.90 Å². The van der Waals surface area contributed by atoms with Crippen molar-refractivity contribution in [1.29, 1.82) is 0 Å². The van der Waals surface area contributed by atoms with Gasteiger partial charge in [0.1, 0.15) is 5.82 Å². The molecule has 0 heterocycles. The van der Waals surface area contributed by atoms with Crippen LogP contribution in [0, 0.1) is 5.82 Å². The van der Waals surface area contributed by atoms with E-state index in [-0.39, 0.29) is 11.9 Å². The van der Waals surface area contributed by atoms with Gasteiger partial charge in [0.15, 0.2) is 0 Å². The molecule has 0 radical (unpaired) electrons. The molecule has 0 aliphatic heterocycles. The van der Waals surface area contributed by atoms with Crippen LogP contribution in [0.2, 0.25) is 5.02 Å². The van der Waals surface area contributed by atoms with Gasteiger partial charge in [-0.25, -0.2) is 4.39 Å². The maximum absolute atomic E-state index is 13.0. The zero-order chi connectivity index (χ0) is 14.5. The summed E-state index contributed by atoms with van der Waals surface area (Å²) >= 11 is 6.18. The lowest BCUT2D eigenvalue weighted by atomic mass is 10.0. The maximum Gasteiger partial charge on any atom is 0.123 e. The summed E-state index contributed by atoms with van der Waals surface area (Å²) in [5.74, 6) is -0.238. The molecule has 0 aromatic heterocycles. The normalized spacial score (nSPS) is 12.7. The zero-order valence-electron chi connectivity index (χ0n) is 11.4. The Bertz CT molecular complexity index is 557. The second-order valence-electron chi connectivity index (χ2n) is 4.81. The van der Waals surface area contributed by atoms with Crippen LogP contribution in [0.4, 0.5) is 4.39 Å². The maximum atomic E-state index is 13.0. The Morgan fingerprint density at radius 2 is 1.80 bits per heavy atom. The van der Waals surface area contributed by atoms with E-state index in [1.165, 1.54) is 12.1 Å². The van der Waals surface area contributed by atoms with Gasteiger partial charge in [0.2, 0.25) is 0 Å². The lowest BCUT2D eigenvalue weighted by Gasteiger charge is -2.27. The molecule has 0 amide bonds. The number of hydrogen-bond acceptors (Lipinski definition) is 2. The Kier molecular flexibility index (Phi) is 5.12. The number of nitrogens with zero attached hydrogens (tertiary/aromatic N) is 1. The molecular weight excluding hydrogens is 275 g/mol. The lowest BCUT2D eigenvalue weighted by Crippen LogP contribution is -2.30. The number of rotatable bonds is 5. The van der Waals surface area contributed by atoms with E-state index in [0.717, 1.165) is 16.1 Å². The predicted molar refractivity (Wildman–Crippen MR) is 81.1 cm³/mol. The summed E-state index contributed by atoms with van der Waals surface area (Å²) in [5.41, 5.74) is 7.92. The molecule has 0 fully saturated rings. The fourth-order valence-corrected chi connectivity index (χ4v) is 2.46. The third-order valence-electron chi connectivity index (χ3n) is 3.39. The highest BCUT2D eigenvalue weighted by molar-refractivity contribution is 6.31. The first-order valence-electron chi connectivity index (χ1n) is 6.51. The summed E-state index contributed by atoms with van der Waals surface area (Å²) in [6, 6.07) is 14.2. The Balaban J connectivity index is 2.15. The van der Waals surface area contributed by atoms with Crippen molar-refractivity contribution < 1.29 is 4.39 Å². The van der Waals surface area contributed by atoms with E-state index < -0.39 is 0 Å². The topological polar surface area (TPSA) is 29.3 Å². The van der Waals surface area contributed by atoms with Crippen LogP contribution in [0.5, 0.6) is 0 Å². The van der Waals surface area contributed by atoms with Crippen molar-refractivity contribution in [3.63, 3.8) is 0 Å². The minimum atomic E-state index is -0.238. The zero-order valence-corrected chi connectivity index (χ0v) is 12.1. The van der Waals surface area contributed by atoms with Gasteiger partial charge in [-0.2, -0.15) is 0 Å². The first kappa shape index (κ1) is 15.0. The second kappa shape index (κ2) is 6.84. The van der Waals surface area contributed by atoms with Gasteiger partial charge in [0.05, 0.1) is 0 Å². The highest BCUT2D eigenvalue weighted by Gasteiger charge is 2.16. The lowest BCUT2D eigenvalue weighted by molar-refractivity contribution is 0.241. The Labute approximate surface area is 124 Å². The highest BCUT2D eigenvalue weighted by atomic mass is 35.5. The average Bonchev–Trinajstić information content (AvgIpc) is 2.44. The van der Waals surface area contributed by atoms with Crippen molar-refractivity contribution in [2.24, 2.45) is 5.73 Å². The summed E-state index contributed by atoms with van der Waals surface area (Å²) in [7, 11) is 1.99. The summed E-state index contributed by atoms with van der Waals surface area (Å²) < 4.78 is 13.0. The molecule has 0 aliphatic rings. The smallest absolute Gasteiger partial charge is 0.123 e. The predicted octanol–water partition coefficient (Wildman–Crippen LogP) is 3.61. The molecule has 4 heteroatoms. The van der Waals surface area contributed by atoms with Crippen molar-refractivity contribution in [3.8, 4) is 0 Å². The molecule has 1 atom stereocenters. The van der Waals surface area contributed by atoms with E-state index >= 15 is 0 Å². The van der Waals surface area contributed by atoms with Gasteiger partial charge in [-0.05, 0) is 36.4 Å². The van der Waals surface area contributed by atoms with E-state index in [0.29, 0.717) is 13.1 Å². The molecule has 2 nitrogen and oxygen atoms in total. The van der Waals surface area contributed by atoms with Crippen LogP contribution in [0.15, 0.2) is 48.5 Å². The van der Waals surface area contributed by atoms with Gasteiger partial charge < -0.3 is 5.73 Å². The summed E-state index contributed by atoms with van der Waals surface area (Å²) in [5, 5.41) is 0.745. The van der Waals surface area contributed by atoms with E-state index in [1.54, 1.807) is 12.1 Å². The number of halogens is 2. The van der Waals surface area contributed by atoms with Gasteiger partial charge in [-0.1, -0.05) is 41.9 Å². The largest absolute Gasteiger partial charge is 0.329 e. The van der Waals surface area contributed by atoms with Crippen molar-refractivity contribution in [1.82, 2.24) is 4.90 Å². The summed E-state index contributed by atoms with van der Waals surface area (Å²) in [6.07, 6.45) is 0. The Morgan fingerprint density at radius 1 is 1.15 bits per heavy atom. The molecular formula is C16H18ClFN2. The SMILES string of the molecule is CN(Cc1ccccc1Cl)C(CN)c1ccc(F)cc1. The van der Waals surface area contributed by atoms with Gasteiger partial charge in [-0.15, -0.1) is 0 Å². The van der Waals surface area contributed by atoms with E-state index in [1.807, 2.05) is 31.3 Å². The van der Waals surface area contributed by atoms with Crippen LogP contribution in [0.3, 0.4) is 0 Å². The number of likely N-dealkylation sites (N-methyl/N-ethyl adjacent to an activating group) is 1. The first-order chi connectivity index (χ1) is 9.61. The molecule has 0 bridgehead atoms. The molecule has 2 N–H and O–H groups in total. The molecule has 2 aromatic rings. The van der Waals surface area contributed by atoms with Crippen LogP contribution < -0.4 is 5.73 Å². The fraction of sp³-hybridized carbons (Fsp3) is 0.250. The van der Waals surface area contributed by atoms with Crippen LogP contribution in [0.25, 0.3) is 0 Å². The second-order valence-corrected chi connectivity index (χ2v) is 5.22. The van der Waals surface area contributed by atoms with Crippen LogP contribution in [-0.4, -0.2) is 18.5 Å². The molecule has 1 unspecified atom stereocenters. The highest BCUT2D eigenvalue weighted by Crippen LogP contribution is 2.23. The molecule has 0 saturated carbocycles. The molecule has 0 aliphatic carbocycles. The van der Waals surface area contributed by atoms with Crippen LogP contribution >= 0.6 is 11.6 Å². The molecule has 2 aromatic carbocycles. The van der Waals surface area contributed by atoms with E-state index in [4.69, 9.17) is 17.3 Å². The fourth-order valence-electron chi connectivity index (χ4n) is 2.26. The molecule has 20 heavy (non-hydrogen) atoms. The van der Waals surface area contributed by atoms with Crippen molar-refractivity contribution in [2.45, 2.75) is 12.6 Å². The number of nitrogens with two attached hydrogens (primary N) is 1.